The van der Waals surface area contributed by atoms with Gasteiger partial charge in [-0.05, 0) is 6.92 Å². The van der Waals surface area contributed by atoms with Gasteiger partial charge < -0.3 is 19.6 Å². The summed E-state index contributed by atoms with van der Waals surface area (Å²) in [7, 11) is -4.90. The van der Waals surface area contributed by atoms with Crippen molar-refractivity contribution >= 4 is 7.82 Å². The van der Waals surface area contributed by atoms with Gasteiger partial charge in [0.25, 0.3) is 5.56 Å². The van der Waals surface area contributed by atoms with Gasteiger partial charge in [-0.3, -0.25) is 18.9 Å². The van der Waals surface area contributed by atoms with Gasteiger partial charge in [-0.15, -0.1) is 0 Å². The van der Waals surface area contributed by atoms with Crippen molar-refractivity contribution in [1.82, 2.24) is 9.55 Å². The van der Waals surface area contributed by atoms with Crippen LogP contribution in [0.4, 0.5) is 0 Å². The summed E-state index contributed by atoms with van der Waals surface area (Å²) in [4.78, 5) is 53.2. The number of nitriles is 1. The standard InChI is InChI=1S/C11H15N4O9P/c1-6(15-7(3-12)2-10(17)13-11(15)18)24-9(8(4-16)14-19)5-23-25(20,21)22/h2,6,8-9,16H,4-5H2,1H3,(H,13,17,18)(H2,20,21,22)/t6?,8-,9-/m1/s1. The van der Waals surface area contributed by atoms with E-state index in [1.165, 1.54) is 6.92 Å². The van der Waals surface area contributed by atoms with Gasteiger partial charge in [0, 0.05) is 6.07 Å². The number of aliphatic hydroxyl groups excluding tert-OH is 1. The lowest BCUT2D eigenvalue weighted by Gasteiger charge is -2.26. The summed E-state index contributed by atoms with van der Waals surface area (Å²) in [5, 5.41) is 20.7. The summed E-state index contributed by atoms with van der Waals surface area (Å²) in [6.07, 6.45) is -2.71. The molecule has 1 heterocycles. The van der Waals surface area contributed by atoms with Crippen molar-refractivity contribution in [3.63, 3.8) is 0 Å². The Hall–Kier alpha value is -2.20. The smallest absolute Gasteiger partial charge is 0.394 e. The monoisotopic (exact) mass is 378 g/mol. The zero-order chi connectivity index (χ0) is 19.2. The first-order valence-corrected chi connectivity index (χ1v) is 8.20. The second kappa shape index (κ2) is 8.77. The number of hydrogen-bond donors (Lipinski definition) is 4. The molecule has 1 aromatic heterocycles. The number of H-pyrrole nitrogens is 1. The van der Waals surface area contributed by atoms with Crippen LogP contribution in [0.5, 0.6) is 0 Å². The number of aromatic nitrogens is 2. The Morgan fingerprint density at radius 1 is 1.48 bits per heavy atom. The first-order chi connectivity index (χ1) is 11.6. The number of nitroso groups, excluding NO2 is 1. The Kier molecular flexibility index (Phi) is 7.31. The van der Waals surface area contributed by atoms with Crippen LogP contribution < -0.4 is 11.2 Å². The number of aromatic amines is 1. The maximum absolute atomic E-state index is 11.9. The molecular weight excluding hydrogens is 363 g/mol. The number of rotatable bonds is 9. The van der Waals surface area contributed by atoms with Crippen molar-refractivity contribution in [2.45, 2.75) is 25.3 Å². The molecule has 138 valence electrons. The lowest BCUT2D eigenvalue weighted by molar-refractivity contribution is -0.0822. The van der Waals surface area contributed by atoms with Crippen LogP contribution in [-0.4, -0.2) is 49.8 Å². The van der Waals surface area contributed by atoms with Gasteiger partial charge in [0.15, 0.2) is 0 Å². The van der Waals surface area contributed by atoms with E-state index in [-0.39, 0.29) is 5.69 Å². The molecule has 0 fully saturated rings. The Morgan fingerprint density at radius 3 is 2.60 bits per heavy atom. The molecule has 0 aromatic carbocycles. The summed E-state index contributed by atoms with van der Waals surface area (Å²) in [6, 6.07) is 0.995. The highest BCUT2D eigenvalue weighted by atomic mass is 31.2. The topological polar surface area (TPSA) is 204 Å². The molecule has 1 rings (SSSR count). The van der Waals surface area contributed by atoms with Gasteiger partial charge in [0.1, 0.15) is 30.1 Å². The lowest BCUT2D eigenvalue weighted by Crippen LogP contribution is -2.40. The molecule has 3 atom stereocenters. The lowest BCUT2D eigenvalue weighted by atomic mass is 10.2. The minimum Gasteiger partial charge on any atom is -0.394 e. The van der Waals surface area contributed by atoms with Gasteiger partial charge in [0.05, 0.1) is 13.2 Å². The van der Waals surface area contributed by atoms with Gasteiger partial charge in [-0.25, -0.2) is 9.36 Å². The van der Waals surface area contributed by atoms with E-state index in [0.717, 1.165) is 10.6 Å². The predicted octanol–water partition coefficient (Wildman–Crippen LogP) is -1.45. The van der Waals surface area contributed by atoms with E-state index >= 15 is 0 Å². The minimum atomic E-state index is -4.90. The minimum absolute atomic E-state index is 0.351. The molecule has 1 aromatic rings. The fourth-order valence-corrected chi connectivity index (χ4v) is 2.24. The SMILES string of the molecule is CC(O[C@H](COP(=O)(O)O)[C@@H](CO)N=O)n1c(C#N)cc(=O)[nH]c1=O. The number of nitrogens with one attached hydrogen (secondary N) is 1. The maximum atomic E-state index is 11.9. The predicted molar refractivity (Wildman–Crippen MR) is 80.3 cm³/mol. The molecular formula is C11H15N4O9P. The maximum Gasteiger partial charge on any atom is 0.469 e. The van der Waals surface area contributed by atoms with Gasteiger partial charge >= 0.3 is 13.5 Å². The van der Waals surface area contributed by atoms with E-state index in [1.54, 1.807) is 6.07 Å². The molecule has 1 unspecified atom stereocenters. The fraction of sp³-hybridized carbons (Fsp3) is 0.545. The number of ether oxygens (including phenoxy) is 1. The molecule has 0 saturated carbocycles. The first-order valence-electron chi connectivity index (χ1n) is 6.67. The molecule has 0 spiro atoms. The van der Waals surface area contributed by atoms with Crippen molar-refractivity contribution in [1.29, 1.82) is 5.26 Å². The van der Waals surface area contributed by atoms with E-state index < -0.39 is 50.7 Å². The normalized spacial score (nSPS) is 15.2. The Morgan fingerprint density at radius 2 is 2.12 bits per heavy atom. The van der Waals surface area contributed by atoms with E-state index in [0.29, 0.717) is 0 Å². The van der Waals surface area contributed by atoms with Crippen LogP contribution in [0, 0.1) is 16.2 Å². The number of hydrogen-bond acceptors (Lipinski definition) is 9. The van der Waals surface area contributed by atoms with E-state index in [9.17, 15) is 19.1 Å². The zero-order valence-corrected chi connectivity index (χ0v) is 13.7. The summed E-state index contributed by atoms with van der Waals surface area (Å²) in [5.41, 5.74) is -2.14. The van der Waals surface area contributed by atoms with Gasteiger partial charge in [-0.2, -0.15) is 10.2 Å². The van der Waals surface area contributed by atoms with Crippen LogP contribution in [0.3, 0.4) is 0 Å². The van der Waals surface area contributed by atoms with Crippen molar-refractivity contribution in [3.8, 4) is 6.07 Å². The van der Waals surface area contributed by atoms with Crippen molar-refractivity contribution in [2.75, 3.05) is 13.2 Å². The van der Waals surface area contributed by atoms with Crippen molar-refractivity contribution < 1.29 is 28.7 Å². The molecule has 0 radical (unpaired) electrons. The molecule has 0 aliphatic rings. The first kappa shape index (κ1) is 20.8. The zero-order valence-electron chi connectivity index (χ0n) is 12.8. The second-order valence-corrected chi connectivity index (χ2v) is 5.96. The molecule has 0 aliphatic carbocycles. The molecule has 4 N–H and O–H groups in total. The van der Waals surface area contributed by atoms with Crippen LogP contribution in [0.25, 0.3) is 0 Å². The van der Waals surface area contributed by atoms with Crippen molar-refractivity contribution in [3.05, 3.63) is 37.5 Å². The Balaban J connectivity index is 3.14. The third kappa shape index (κ3) is 5.98. The number of aliphatic hydroxyl groups is 1. The quantitative estimate of drug-likeness (QED) is 0.290. The second-order valence-electron chi connectivity index (χ2n) is 4.72. The third-order valence-electron chi connectivity index (χ3n) is 2.98. The summed E-state index contributed by atoms with van der Waals surface area (Å²) in [5.74, 6) is 0. The van der Waals surface area contributed by atoms with Crippen LogP contribution in [0.2, 0.25) is 0 Å². The fourth-order valence-electron chi connectivity index (χ4n) is 1.90. The van der Waals surface area contributed by atoms with Crippen molar-refractivity contribution in [2.24, 2.45) is 5.18 Å². The average molecular weight is 378 g/mol. The summed E-state index contributed by atoms with van der Waals surface area (Å²) >= 11 is 0. The molecule has 25 heavy (non-hydrogen) atoms. The number of nitrogens with zero attached hydrogens (tertiary/aromatic N) is 3. The van der Waals surface area contributed by atoms with Gasteiger partial charge in [0.2, 0.25) is 0 Å². The average Bonchev–Trinajstić information content (AvgIpc) is 2.51. The molecule has 14 heteroatoms. The highest BCUT2D eigenvalue weighted by Gasteiger charge is 2.29. The molecule has 0 saturated heterocycles. The van der Waals surface area contributed by atoms with E-state index in [1.807, 2.05) is 4.98 Å². The number of phosphoric ester groups is 1. The summed E-state index contributed by atoms with van der Waals surface area (Å²) in [6.45, 7) is -0.382. The largest absolute Gasteiger partial charge is 0.469 e. The highest BCUT2D eigenvalue weighted by molar-refractivity contribution is 7.46. The molecule has 0 amide bonds. The van der Waals surface area contributed by atoms with Crippen LogP contribution in [0.15, 0.2) is 20.8 Å². The van der Waals surface area contributed by atoms with Crippen LogP contribution in [0.1, 0.15) is 18.8 Å². The molecule has 0 bridgehead atoms. The summed E-state index contributed by atoms with van der Waals surface area (Å²) < 4.78 is 21.1. The van der Waals surface area contributed by atoms with Crippen LogP contribution in [-0.2, 0) is 13.8 Å². The molecule has 13 nitrogen and oxygen atoms in total. The van der Waals surface area contributed by atoms with Crippen LogP contribution >= 0.6 is 7.82 Å². The van der Waals surface area contributed by atoms with E-state index in [2.05, 4.69) is 9.70 Å². The molecule has 0 aliphatic heterocycles. The van der Waals surface area contributed by atoms with E-state index in [4.69, 9.17) is 24.9 Å². The third-order valence-corrected chi connectivity index (χ3v) is 3.47. The Bertz CT molecular complexity index is 807. The Labute approximate surface area is 139 Å². The van der Waals surface area contributed by atoms with Gasteiger partial charge in [-0.1, -0.05) is 5.18 Å². The highest BCUT2D eigenvalue weighted by Crippen LogP contribution is 2.36. The number of phosphoric acid groups is 1.